The average Bonchev–Trinajstić information content (AvgIpc) is 3.10. The van der Waals surface area contributed by atoms with Crippen molar-refractivity contribution in [2.24, 2.45) is 0 Å². The van der Waals surface area contributed by atoms with Gasteiger partial charge in [0.05, 0.1) is 22.8 Å². The molecule has 148 valence electrons. The Labute approximate surface area is 174 Å². The van der Waals surface area contributed by atoms with Gasteiger partial charge in [-0.25, -0.2) is 0 Å². The summed E-state index contributed by atoms with van der Waals surface area (Å²) in [6.45, 7) is 8.38. The van der Waals surface area contributed by atoms with Gasteiger partial charge in [-0.1, -0.05) is 49.6 Å². The molecule has 0 aromatic heterocycles. The first-order valence-electron chi connectivity index (χ1n) is 10.8. The van der Waals surface area contributed by atoms with Crippen LogP contribution in [0.4, 0.5) is 0 Å². The Morgan fingerprint density at radius 2 is 1.59 bits per heavy atom. The van der Waals surface area contributed by atoms with Gasteiger partial charge in [-0.3, -0.25) is 0 Å². The standard InChI is InChI=1S/C25H28BNO2/c1-23(2)24(3,4)29-26(28-23)18-11-12-19-21(15-18)25(13-6-5-7-14-25)20-10-8-9-17(16-27)22(19)20/h8-12,15H,5-7,13-14H2,1-4H3. The van der Waals surface area contributed by atoms with Crippen molar-refractivity contribution in [1.29, 1.82) is 5.26 Å². The Bertz CT molecular complexity index is 1010. The van der Waals surface area contributed by atoms with Crippen LogP contribution in [0.3, 0.4) is 0 Å². The van der Waals surface area contributed by atoms with E-state index >= 15 is 0 Å². The lowest BCUT2D eigenvalue weighted by Crippen LogP contribution is -2.41. The third-order valence-corrected chi connectivity index (χ3v) is 7.76. The highest BCUT2D eigenvalue weighted by molar-refractivity contribution is 6.62. The smallest absolute Gasteiger partial charge is 0.399 e. The van der Waals surface area contributed by atoms with Crippen LogP contribution in [0.5, 0.6) is 0 Å². The molecule has 0 N–H and O–H groups in total. The van der Waals surface area contributed by atoms with E-state index in [9.17, 15) is 5.26 Å². The number of hydrogen-bond acceptors (Lipinski definition) is 3. The number of rotatable bonds is 1. The van der Waals surface area contributed by atoms with Crippen LogP contribution in [0.1, 0.15) is 76.5 Å². The second-order valence-electron chi connectivity index (χ2n) is 9.88. The minimum absolute atomic E-state index is 0.0232. The fourth-order valence-electron chi connectivity index (χ4n) is 5.48. The molecule has 29 heavy (non-hydrogen) atoms. The zero-order chi connectivity index (χ0) is 20.4. The van der Waals surface area contributed by atoms with E-state index in [0.717, 1.165) is 29.4 Å². The molecule has 0 amide bonds. The Kier molecular flexibility index (Phi) is 4.05. The molecule has 0 atom stereocenters. The molecule has 1 aliphatic heterocycles. The fourth-order valence-corrected chi connectivity index (χ4v) is 5.48. The van der Waals surface area contributed by atoms with Crippen LogP contribution in [0, 0.1) is 11.3 Å². The lowest BCUT2D eigenvalue weighted by molar-refractivity contribution is 0.00578. The lowest BCUT2D eigenvalue weighted by atomic mass is 9.66. The van der Waals surface area contributed by atoms with Gasteiger partial charge in [0, 0.05) is 11.0 Å². The van der Waals surface area contributed by atoms with Crippen LogP contribution in [0.15, 0.2) is 36.4 Å². The molecule has 2 fully saturated rings. The molecule has 3 nitrogen and oxygen atoms in total. The first-order chi connectivity index (χ1) is 13.8. The second kappa shape index (κ2) is 6.21. The summed E-state index contributed by atoms with van der Waals surface area (Å²) >= 11 is 0. The van der Waals surface area contributed by atoms with Gasteiger partial charge in [0.1, 0.15) is 0 Å². The molecule has 0 bridgehead atoms. The monoisotopic (exact) mass is 385 g/mol. The molecule has 1 spiro atoms. The van der Waals surface area contributed by atoms with Crippen molar-refractivity contribution in [2.75, 3.05) is 0 Å². The summed E-state index contributed by atoms with van der Waals surface area (Å²) in [6, 6.07) is 15.3. The maximum absolute atomic E-state index is 9.77. The number of nitrogens with zero attached hydrogens (tertiary/aromatic N) is 1. The molecule has 2 aromatic carbocycles. The van der Waals surface area contributed by atoms with E-state index < -0.39 is 0 Å². The predicted molar refractivity (Wildman–Crippen MR) is 116 cm³/mol. The highest BCUT2D eigenvalue weighted by atomic mass is 16.7. The molecule has 0 unspecified atom stereocenters. The SMILES string of the molecule is CC1(C)OB(c2ccc3c(c2)C2(CCCCC2)c2cccc(C#N)c2-3)OC1(C)C. The minimum atomic E-state index is -0.356. The minimum Gasteiger partial charge on any atom is -0.399 e. The first kappa shape index (κ1) is 18.9. The molecule has 5 rings (SSSR count). The molecule has 1 saturated heterocycles. The number of hydrogen-bond donors (Lipinski definition) is 0. The summed E-state index contributed by atoms with van der Waals surface area (Å²) in [5.41, 5.74) is 6.27. The number of fused-ring (bicyclic) bond motifs is 5. The highest BCUT2D eigenvalue weighted by Gasteiger charge is 2.52. The first-order valence-corrected chi connectivity index (χ1v) is 10.8. The Hall–Kier alpha value is -2.09. The van der Waals surface area contributed by atoms with E-state index in [-0.39, 0.29) is 23.7 Å². The van der Waals surface area contributed by atoms with Crippen LogP contribution >= 0.6 is 0 Å². The van der Waals surface area contributed by atoms with E-state index in [1.165, 1.54) is 36.0 Å². The molecule has 2 aromatic rings. The van der Waals surface area contributed by atoms with Gasteiger partial charge in [0.15, 0.2) is 0 Å². The average molecular weight is 385 g/mol. The zero-order valence-corrected chi connectivity index (χ0v) is 17.8. The molecular weight excluding hydrogens is 357 g/mol. The zero-order valence-electron chi connectivity index (χ0n) is 17.8. The van der Waals surface area contributed by atoms with Gasteiger partial charge in [0.25, 0.3) is 0 Å². The number of nitriles is 1. The molecule has 0 radical (unpaired) electrons. The van der Waals surface area contributed by atoms with Crippen molar-refractivity contribution in [1.82, 2.24) is 0 Å². The third-order valence-electron chi connectivity index (χ3n) is 7.76. The predicted octanol–water partition coefficient (Wildman–Crippen LogP) is 5.09. The topological polar surface area (TPSA) is 42.2 Å². The normalized spacial score (nSPS) is 22.9. The summed E-state index contributed by atoms with van der Waals surface area (Å²) in [5.74, 6) is 0. The lowest BCUT2D eigenvalue weighted by Gasteiger charge is -2.36. The number of benzene rings is 2. The van der Waals surface area contributed by atoms with Gasteiger partial charge in [-0.2, -0.15) is 5.26 Å². The van der Waals surface area contributed by atoms with E-state index in [1.807, 2.05) is 6.07 Å². The summed E-state index contributed by atoms with van der Waals surface area (Å²) < 4.78 is 12.7. The summed E-state index contributed by atoms with van der Waals surface area (Å²) in [7, 11) is -0.356. The molecule has 3 aliphatic rings. The molecular formula is C25H28BNO2. The highest BCUT2D eigenvalue weighted by Crippen LogP contribution is 2.56. The van der Waals surface area contributed by atoms with E-state index in [2.05, 4.69) is 64.1 Å². The van der Waals surface area contributed by atoms with Crippen molar-refractivity contribution < 1.29 is 9.31 Å². The third kappa shape index (κ3) is 2.57. The Morgan fingerprint density at radius 3 is 2.24 bits per heavy atom. The van der Waals surface area contributed by atoms with E-state index in [1.54, 1.807) is 0 Å². The van der Waals surface area contributed by atoms with Crippen molar-refractivity contribution >= 4 is 12.6 Å². The summed E-state index contributed by atoms with van der Waals surface area (Å²) in [5, 5.41) is 9.77. The van der Waals surface area contributed by atoms with Gasteiger partial charge in [-0.05, 0) is 68.8 Å². The maximum Gasteiger partial charge on any atom is 0.494 e. The van der Waals surface area contributed by atoms with Crippen molar-refractivity contribution in [2.45, 2.75) is 76.4 Å². The fraction of sp³-hybridized carbons (Fsp3) is 0.480. The summed E-state index contributed by atoms with van der Waals surface area (Å²) in [4.78, 5) is 0. The van der Waals surface area contributed by atoms with Crippen LogP contribution < -0.4 is 5.46 Å². The molecule has 4 heteroatoms. The quantitative estimate of drug-likeness (QED) is 0.643. The largest absolute Gasteiger partial charge is 0.494 e. The van der Waals surface area contributed by atoms with Crippen LogP contribution in [0.2, 0.25) is 0 Å². The maximum atomic E-state index is 9.77. The van der Waals surface area contributed by atoms with Crippen molar-refractivity contribution in [3.8, 4) is 17.2 Å². The Morgan fingerprint density at radius 1 is 0.897 bits per heavy atom. The van der Waals surface area contributed by atoms with Gasteiger partial charge in [0.2, 0.25) is 0 Å². The van der Waals surface area contributed by atoms with E-state index in [4.69, 9.17) is 9.31 Å². The van der Waals surface area contributed by atoms with Crippen molar-refractivity contribution in [3.63, 3.8) is 0 Å². The molecule has 1 saturated carbocycles. The van der Waals surface area contributed by atoms with Gasteiger partial charge < -0.3 is 9.31 Å². The van der Waals surface area contributed by atoms with Gasteiger partial charge in [-0.15, -0.1) is 0 Å². The van der Waals surface area contributed by atoms with Gasteiger partial charge >= 0.3 is 7.12 Å². The second-order valence-corrected chi connectivity index (χ2v) is 9.88. The van der Waals surface area contributed by atoms with Crippen molar-refractivity contribution in [3.05, 3.63) is 53.1 Å². The summed E-state index contributed by atoms with van der Waals surface area (Å²) in [6.07, 6.45) is 6.05. The van der Waals surface area contributed by atoms with Crippen LogP contribution in [-0.2, 0) is 14.7 Å². The van der Waals surface area contributed by atoms with E-state index in [0.29, 0.717) is 0 Å². The van der Waals surface area contributed by atoms with Crippen LogP contribution in [-0.4, -0.2) is 18.3 Å². The Balaban J connectivity index is 1.66. The molecule has 2 aliphatic carbocycles. The molecule has 1 heterocycles. The van der Waals surface area contributed by atoms with Crippen LogP contribution in [0.25, 0.3) is 11.1 Å².